The number of rotatable bonds is 3. The number of H-pyrrole nitrogens is 1. The Kier molecular flexibility index (Phi) is 4.64. The van der Waals surface area contributed by atoms with Crippen LogP contribution in [0.4, 0.5) is 0 Å². The number of aromatic amines is 1. The SMILES string of the molecule is CC1CCCCN1C1CN(C(=O)c2cccc(-c3cccc(=O)[nH]3)c2)C1. The van der Waals surface area contributed by atoms with Crippen LogP contribution in [-0.2, 0) is 0 Å². The fraction of sp³-hybridized carbons (Fsp3) is 0.429. The molecule has 4 rings (SSSR count). The molecular formula is C21H25N3O2. The van der Waals surface area contributed by atoms with Gasteiger partial charge in [-0.15, -0.1) is 0 Å². The summed E-state index contributed by atoms with van der Waals surface area (Å²) in [6.45, 7) is 5.09. The van der Waals surface area contributed by atoms with E-state index in [1.807, 2.05) is 35.2 Å². The first kappa shape index (κ1) is 17.0. The van der Waals surface area contributed by atoms with Crippen molar-refractivity contribution in [1.29, 1.82) is 0 Å². The average molecular weight is 351 g/mol. The van der Waals surface area contributed by atoms with Crippen molar-refractivity contribution in [1.82, 2.24) is 14.8 Å². The number of amides is 1. The fourth-order valence-corrected chi connectivity index (χ4v) is 4.11. The van der Waals surface area contributed by atoms with Crippen molar-refractivity contribution in [3.05, 3.63) is 58.4 Å². The third kappa shape index (κ3) is 3.31. The van der Waals surface area contributed by atoms with E-state index in [-0.39, 0.29) is 11.5 Å². The molecule has 2 fully saturated rings. The van der Waals surface area contributed by atoms with Gasteiger partial charge in [-0.2, -0.15) is 0 Å². The van der Waals surface area contributed by atoms with E-state index >= 15 is 0 Å². The third-order valence-electron chi connectivity index (χ3n) is 5.66. The van der Waals surface area contributed by atoms with Gasteiger partial charge in [0, 0.05) is 42.5 Å². The van der Waals surface area contributed by atoms with Crippen molar-refractivity contribution in [2.75, 3.05) is 19.6 Å². The zero-order valence-electron chi connectivity index (χ0n) is 15.1. The Balaban J connectivity index is 1.45. The molecule has 0 bridgehead atoms. The van der Waals surface area contributed by atoms with Crippen LogP contribution < -0.4 is 5.56 Å². The Morgan fingerprint density at radius 3 is 2.69 bits per heavy atom. The molecule has 0 radical (unpaired) electrons. The van der Waals surface area contributed by atoms with Crippen LogP contribution in [0.1, 0.15) is 36.5 Å². The highest BCUT2D eigenvalue weighted by atomic mass is 16.2. The summed E-state index contributed by atoms with van der Waals surface area (Å²) in [5.74, 6) is 0.0750. The predicted molar refractivity (Wildman–Crippen MR) is 102 cm³/mol. The van der Waals surface area contributed by atoms with Crippen LogP contribution in [0, 0.1) is 0 Å². The summed E-state index contributed by atoms with van der Waals surface area (Å²) < 4.78 is 0. The second-order valence-corrected chi connectivity index (χ2v) is 7.46. The van der Waals surface area contributed by atoms with Crippen molar-refractivity contribution in [3.8, 4) is 11.3 Å². The lowest BCUT2D eigenvalue weighted by Gasteiger charge is -2.49. The Morgan fingerprint density at radius 1 is 1.12 bits per heavy atom. The van der Waals surface area contributed by atoms with Gasteiger partial charge in [0.2, 0.25) is 5.56 Å². The van der Waals surface area contributed by atoms with Crippen molar-refractivity contribution in [3.63, 3.8) is 0 Å². The minimum Gasteiger partial charge on any atom is -0.335 e. The molecule has 1 aromatic heterocycles. The monoisotopic (exact) mass is 351 g/mol. The number of benzene rings is 1. The van der Waals surface area contributed by atoms with Crippen LogP contribution in [-0.4, -0.2) is 52.4 Å². The van der Waals surface area contributed by atoms with Gasteiger partial charge in [0.05, 0.1) is 0 Å². The van der Waals surface area contributed by atoms with E-state index in [4.69, 9.17) is 0 Å². The zero-order chi connectivity index (χ0) is 18.1. The first-order valence-corrected chi connectivity index (χ1v) is 9.46. The molecule has 1 N–H and O–H groups in total. The lowest BCUT2D eigenvalue weighted by molar-refractivity contribution is 0.00213. The van der Waals surface area contributed by atoms with Crippen LogP contribution in [0.2, 0.25) is 0 Å². The molecule has 0 aliphatic carbocycles. The van der Waals surface area contributed by atoms with Gasteiger partial charge in [-0.05, 0) is 50.1 Å². The maximum atomic E-state index is 12.8. The number of likely N-dealkylation sites (tertiary alicyclic amines) is 2. The molecule has 0 saturated carbocycles. The maximum absolute atomic E-state index is 12.8. The number of hydrogen-bond donors (Lipinski definition) is 1. The van der Waals surface area contributed by atoms with E-state index in [1.165, 1.54) is 25.3 Å². The number of nitrogens with zero attached hydrogens (tertiary/aromatic N) is 2. The topological polar surface area (TPSA) is 56.4 Å². The van der Waals surface area contributed by atoms with Crippen molar-refractivity contribution >= 4 is 5.91 Å². The molecule has 2 aliphatic heterocycles. The predicted octanol–water partition coefficient (Wildman–Crippen LogP) is 2.74. The van der Waals surface area contributed by atoms with Crippen molar-refractivity contribution in [2.24, 2.45) is 0 Å². The second-order valence-electron chi connectivity index (χ2n) is 7.46. The van der Waals surface area contributed by atoms with Crippen LogP contribution in [0.15, 0.2) is 47.3 Å². The minimum atomic E-state index is -0.138. The van der Waals surface area contributed by atoms with Crippen LogP contribution in [0.25, 0.3) is 11.3 Å². The number of aromatic nitrogens is 1. The molecule has 1 unspecified atom stereocenters. The molecule has 26 heavy (non-hydrogen) atoms. The van der Waals surface area contributed by atoms with E-state index in [0.717, 1.165) is 30.9 Å². The first-order valence-electron chi connectivity index (χ1n) is 9.46. The van der Waals surface area contributed by atoms with Gasteiger partial charge >= 0.3 is 0 Å². The van der Waals surface area contributed by atoms with Gasteiger partial charge < -0.3 is 9.88 Å². The lowest BCUT2D eigenvalue weighted by atomic mass is 9.96. The summed E-state index contributed by atoms with van der Waals surface area (Å²) >= 11 is 0. The van der Waals surface area contributed by atoms with Crippen molar-refractivity contribution in [2.45, 2.75) is 38.3 Å². The fourth-order valence-electron chi connectivity index (χ4n) is 4.11. The second kappa shape index (κ2) is 7.08. The highest BCUT2D eigenvalue weighted by Gasteiger charge is 2.37. The van der Waals surface area contributed by atoms with Crippen LogP contribution in [0.3, 0.4) is 0 Å². The number of carbonyl (C=O) groups is 1. The Labute approximate surface area is 153 Å². The number of piperidine rings is 1. The number of hydrogen-bond acceptors (Lipinski definition) is 3. The van der Waals surface area contributed by atoms with Crippen LogP contribution in [0.5, 0.6) is 0 Å². The molecule has 2 aromatic rings. The quantitative estimate of drug-likeness (QED) is 0.925. The molecule has 1 atom stereocenters. The smallest absolute Gasteiger partial charge is 0.253 e. The summed E-state index contributed by atoms with van der Waals surface area (Å²) in [7, 11) is 0. The van der Waals surface area contributed by atoms with E-state index < -0.39 is 0 Å². The first-order chi connectivity index (χ1) is 12.6. The van der Waals surface area contributed by atoms with Gasteiger partial charge in [-0.1, -0.05) is 24.6 Å². The van der Waals surface area contributed by atoms with Gasteiger partial charge in [-0.25, -0.2) is 0 Å². The molecule has 3 heterocycles. The molecule has 1 aromatic carbocycles. The van der Waals surface area contributed by atoms with Gasteiger partial charge in [0.25, 0.3) is 5.91 Å². The third-order valence-corrected chi connectivity index (χ3v) is 5.66. The van der Waals surface area contributed by atoms with E-state index in [0.29, 0.717) is 17.6 Å². The summed E-state index contributed by atoms with van der Waals surface area (Å²) in [6, 6.07) is 13.7. The standard InChI is InChI=1S/C21H25N3O2/c1-15-6-2-3-11-24(15)18-13-23(14-18)21(26)17-8-4-7-16(12-17)19-9-5-10-20(25)22-19/h4-5,7-10,12,15,18H,2-3,6,11,13-14H2,1H3,(H,22,25). The van der Waals surface area contributed by atoms with Gasteiger partial charge in [0.15, 0.2) is 0 Å². The molecule has 5 nitrogen and oxygen atoms in total. The molecular weight excluding hydrogens is 326 g/mol. The summed E-state index contributed by atoms with van der Waals surface area (Å²) in [4.78, 5) is 31.7. The molecule has 2 saturated heterocycles. The summed E-state index contributed by atoms with van der Waals surface area (Å²) in [5, 5.41) is 0. The molecule has 136 valence electrons. The minimum absolute atomic E-state index is 0.0750. The Bertz CT molecular complexity index is 854. The van der Waals surface area contributed by atoms with Gasteiger partial charge in [0.1, 0.15) is 0 Å². The number of nitrogens with one attached hydrogen (secondary N) is 1. The highest BCUT2D eigenvalue weighted by molar-refractivity contribution is 5.96. The van der Waals surface area contributed by atoms with Crippen molar-refractivity contribution < 1.29 is 4.79 Å². The summed E-state index contributed by atoms with van der Waals surface area (Å²) in [6.07, 6.45) is 3.86. The normalized spacial score (nSPS) is 21.4. The largest absolute Gasteiger partial charge is 0.335 e. The Morgan fingerprint density at radius 2 is 1.92 bits per heavy atom. The molecule has 5 heteroatoms. The van der Waals surface area contributed by atoms with E-state index in [2.05, 4.69) is 16.8 Å². The molecule has 1 amide bonds. The molecule has 2 aliphatic rings. The maximum Gasteiger partial charge on any atom is 0.253 e. The van der Waals surface area contributed by atoms with E-state index in [9.17, 15) is 9.59 Å². The lowest BCUT2D eigenvalue weighted by Crippen LogP contribution is -2.63. The van der Waals surface area contributed by atoms with Crippen LogP contribution >= 0.6 is 0 Å². The highest BCUT2D eigenvalue weighted by Crippen LogP contribution is 2.26. The Hall–Kier alpha value is -2.40. The number of carbonyl (C=O) groups excluding carboxylic acids is 1. The zero-order valence-corrected chi connectivity index (χ0v) is 15.1. The summed E-state index contributed by atoms with van der Waals surface area (Å²) in [5.41, 5.74) is 2.13. The average Bonchev–Trinajstić information content (AvgIpc) is 2.62. The number of pyridine rings is 1. The van der Waals surface area contributed by atoms with E-state index in [1.54, 1.807) is 6.07 Å². The molecule has 0 spiro atoms. The van der Waals surface area contributed by atoms with Gasteiger partial charge in [-0.3, -0.25) is 14.5 Å².